The molecular weight excluding hydrogens is 361 g/mol. The van der Waals surface area contributed by atoms with Crippen LogP contribution in [-0.4, -0.2) is 16.7 Å². The molecule has 1 rings (SSSR count). The number of pyridine rings is 1. The van der Waals surface area contributed by atoms with Gasteiger partial charge in [0.15, 0.2) is 11.0 Å². The van der Waals surface area contributed by atoms with Gasteiger partial charge in [-0.3, -0.25) is 5.32 Å². The molecule has 0 radical (unpaired) electrons. The maximum atomic E-state index is 13.2. The average molecular weight is 373 g/mol. The van der Waals surface area contributed by atoms with Crippen molar-refractivity contribution in [2.75, 3.05) is 5.32 Å². The van der Waals surface area contributed by atoms with Crippen LogP contribution in [0.1, 0.15) is 20.8 Å². The lowest BCUT2D eigenvalue weighted by Crippen LogP contribution is -2.27. The van der Waals surface area contributed by atoms with Crippen molar-refractivity contribution in [3.05, 3.63) is 20.7 Å². The number of halogens is 3. The van der Waals surface area contributed by atoms with Crippen molar-refractivity contribution in [3.63, 3.8) is 0 Å². The molecule has 17 heavy (non-hydrogen) atoms. The van der Waals surface area contributed by atoms with E-state index in [1.165, 1.54) is 0 Å². The number of rotatable bonds is 1. The van der Waals surface area contributed by atoms with Gasteiger partial charge in [-0.1, -0.05) is 11.6 Å². The Morgan fingerprint density at radius 1 is 1.59 bits per heavy atom. The van der Waals surface area contributed by atoms with Crippen LogP contribution in [0.4, 0.5) is 14.9 Å². The number of hydrogen-bond acceptors (Lipinski definition) is 3. The van der Waals surface area contributed by atoms with Gasteiger partial charge in [0, 0.05) is 0 Å². The zero-order valence-corrected chi connectivity index (χ0v) is 12.4. The molecular formula is C10H11ClFIN2O2. The summed E-state index contributed by atoms with van der Waals surface area (Å²) >= 11 is 7.50. The van der Waals surface area contributed by atoms with E-state index >= 15 is 0 Å². The summed E-state index contributed by atoms with van der Waals surface area (Å²) in [6, 6.07) is 0. The second-order valence-corrected chi connectivity index (χ2v) is 5.65. The van der Waals surface area contributed by atoms with Gasteiger partial charge in [0.1, 0.15) is 5.60 Å². The average Bonchev–Trinajstić information content (AvgIpc) is 2.16. The first kappa shape index (κ1) is 14.4. The van der Waals surface area contributed by atoms with Crippen LogP contribution >= 0.6 is 34.2 Å². The molecule has 0 aliphatic rings. The fraction of sp³-hybridized carbons (Fsp3) is 0.400. The zero-order chi connectivity index (χ0) is 13.2. The van der Waals surface area contributed by atoms with Crippen LogP contribution < -0.4 is 5.32 Å². The summed E-state index contributed by atoms with van der Waals surface area (Å²) in [6.45, 7) is 5.18. The molecule has 1 heterocycles. The first-order valence-corrected chi connectivity index (χ1v) is 6.16. The van der Waals surface area contributed by atoms with E-state index in [4.69, 9.17) is 16.3 Å². The largest absolute Gasteiger partial charge is 0.444 e. The van der Waals surface area contributed by atoms with Crippen LogP contribution in [-0.2, 0) is 4.74 Å². The van der Waals surface area contributed by atoms with Crippen molar-refractivity contribution in [2.24, 2.45) is 0 Å². The Morgan fingerprint density at radius 3 is 2.71 bits per heavy atom. The lowest BCUT2D eigenvalue weighted by atomic mass is 10.2. The highest BCUT2D eigenvalue weighted by molar-refractivity contribution is 14.1. The normalized spacial score (nSPS) is 11.2. The van der Waals surface area contributed by atoms with Crippen LogP contribution in [0.3, 0.4) is 0 Å². The van der Waals surface area contributed by atoms with E-state index in [1.54, 1.807) is 43.4 Å². The molecule has 1 amide bonds. The van der Waals surface area contributed by atoms with E-state index in [-0.39, 0.29) is 14.4 Å². The van der Waals surface area contributed by atoms with Gasteiger partial charge in [-0.2, -0.15) is 0 Å². The lowest BCUT2D eigenvalue weighted by Gasteiger charge is -2.20. The molecule has 0 saturated heterocycles. The second kappa shape index (κ2) is 5.34. The van der Waals surface area contributed by atoms with Crippen LogP contribution in [0.5, 0.6) is 0 Å². The summed E-state index contributed by atoms with van der Waals surface area (Å²) in [5, 5.41) is 2.39. The molecule has 0 aliphatic heterocycles. The van der Waals surface area contributed by atoms with Crippen molar-refractivity contribution in [1.82, 2.24) is 4.98 Å². The van der Waals surface area contributed by atoms with Crippen molar-refractivity contribution < 1.29 is 13.9 Å². The predicted molar refractivity (Wildman–Crippen MR) is 71.8 cm³/mol. The predicted octanol–water partition coefficient (Wildman–Crippen LogP) is 3.83. The molecule has 0 unspecified atom stereocenters. The van der Waals surface area contributed by atoms with Gasteiger partial charge in [-0.15, -0.1) is 0 Å². The second-order valence-electron chi connectivity index (χ2n) is 4.21. The van der Waals surface area contributed by atoms with Gasteiger partial charge in [-0.05, 0) is 43.4 Å². The third kappa shape index (κ3) is 4.27. The Labute approximate surface area is 117 Å². The van der Waals surface area contributed by atoms with Crippen LogP contribution in [0.25, 0.3) is 0 Å². The molecule has 7 heteroatoms. The smallest absolute Gasteiger partial charge is 0.412 e. The molecule has 1 aromatic heterocycles. The van der Waals surface area contributed by atoms with Crippen molar-refractivity contribution in [2.45, 2.75) is 26.4 Å². The molecule has 0 atom stereocenters. The van der Waals surface area contributed by atoms with Gasteiger partial charge < -0.3 is 4.74 Å². The summed E-state index contributed by atoms with van der Waals surface area (Å²) in [4.78, 5) is 15.1. The van der Waals surface area contributed by atoms with Crippen LogP contribution in [0.2, 0.25) is 5.15 Å². The minimum Gasteiger partial charge on any atom is -0.444 e. The van der Waals surface area contributed by atoms with E-state index < -0.39 is 17.5 Å². The number of hydrogen-bond donors (Lipinski definition) is 1. The van der Waals surface area contributed by atoms with E-state index in [9.17, 15) is 9.18 Å². The number of aromatic nitrogens is 1. The van der Waals surface area contributed by atoms with E-state index in [1.807, 2.05) is 0 Å². The van der Waals surface area contributed by atoms with Crippen LogP contribution in [0, 0.1) is 9.39 Å². The minimum atomic E-state index is -0.704. The Bertz CT molecular complexity index is 449. The summed E-state index contributed by atoms with van der Waals surface area (Å²) in [5.41, 5.74) is -0.524. The third-order valence-corrected chi connectivity index (χ3v) is 2.89. The number of amides is 1. The molecule has 0 aromatic carbocycles. The third-order valence-electron chi connectivity index (χ3n) is 1.55. The fourth-order valence-electron chi connectivity index (χ4n) is 0.957. The summed E-state index contributed by atoms with van der Waals surface area (Å²) in [7, 11) is 0. The number of nitrogens with zero attached hydrogens (tertiary/aromatic N) is 1. The Hall–Kier alpha value is -0.630. The molecule has 0 spiro atoms. The Balaban J connectivity index is 2.89. The Morgan fingerprint density at radius 2 is 2.18 bits per heavy atom. The van der Waals surface area contributed by atoms with Gasteiger partial charge in [0.05, 0.1) is 15.5 Å². The topological polar surface area (TPSA) is 51.2 Å². The van der Waals surface area contributed by atoms with Crippen LogP contribution in [0.15, 0.2) is 6.20 Å². The number of carbonyl (C=O) groups excluding carboxylic acids is 1. The van der Waals surface area contributed by atoms with Crippen molar-refractivity contribution in [3.8, 4) is 0 Å². The molecule has 0 aliphatic carbocycles. The van der Waals surface area contributed by atoms with Gasteiger partial charge in [0.2, 0.25) is 0 Å². The maximum absolute atomic E-state index is 13.2. The SMILES string of the molecule is CC(C)(C)OC(=O)Nc1c(Cl)ncc(F)c1I. The zero-order valence-electron chi connectivity index (χ0n) is 9.47. The highest BCUT2D eigenvalue weighted by Gasteiger charge is 2.19. The molecule has 1 N–H and O–H groups in total. The monoisotopic (exact) mass is 372 g/mol. The fourth-order valence-corrected chi connectivity index (χ4v) is 1.84. The quantitative estimate of drug-likeness (QED) is 0.602. The lowest BCUT2D eigenvalue weighted by molar-refractivity contribution is 0.0635. The summed E-state index contributed by atoms with van der Waals surface area (Å²) in [5.74, 6) is -0.555. The number of anilines is 1. The van der Waals surface area contributed by atoms with E-state index in [0.717, 1.165) is 6.20 Å². The molecule has 0 fully saturated rings. The molecule has 1 aromatic rings. The first-order chi connectivity index (χ1) is 7.70. The first-order valence-electron chi connectivity index (χ1n) is 4.70. The molecule has 0 bridgehead atoms. The van der Waals surface area contributed by atoms with Crippen molar-refractivity contribution >= 4 is 46.0 Å². The molecule has 94 valence electrons. The molecule has 4 nitrogen and oxygen atoms in total. The molecule has 0 saturated carbocycles. The number of nitrogens with one attached hydrogen (secondary N) is 1. The van der Waals surface area contributed by atoms with Crippen molar-refractivity contribution in [1.29, 1.82) is 0 Å². The summed E-state index contributed by atoms with van der Waals surface area (Å²) in [6.07, 6.45) is 0.286. The maximum Gasteiger partial charge on any atom is 0.412 e. The van der Waals surface area contributed by atoms with E-state index in [2.05, 4.69) is 10.3 Å². The van der Waals surface area contributed by atoms with E-state index in [0.29, 0.717) is 0 Å². The van der Waals surface area contributed by atoms with Gasteiger partial charge in [0.25, 0.3) is 0 Å². The highest BCUT2D eigenvalue weighted by Crippen LogP contribution is 2.27. The number of ether oxygens (including phenoxy) is 1. The highest BCUT2D eigenvalue weighted by atomic mass is 127. The standard InChI is InChI=1S/C10H11ClFIN2O2/c1-10(2,3)17-9(16)15-7-6(13)5(12)4-14-8(7)11/h4H,1-3H3,(H,15,16). The minimum absolute atomic E-state index is 0.0154. The summed E-state index contributed by atoms with van der Waals surface area (Å²) < 4.78 is 18.4. The Kier molecular flexibility index (Phi) is 4.54. The van der Waals surface area contributed by atoms with Gasteiger partial charge in [-0.25, -0.2) is 14.2 Å². The van der Waals surface area contributed by atoms with Gasteiger partial charge >= 0.3 is 6.09 Å². The number of carbonyl (C=O) groups is 1.